The van der Waals surface area contributed by atoms with Gasteiger partial charge in [-0.3, -0.25) is 0 Å². The smallest absolute Gasteiger partial charge is 0.164 e. The Balaban J connectivity index is 0.993. The molecular weight excluding hydrogens is 759 g/mol. The fourth-order valence-corrected chi connectivity index (χ4v) is 8.92. The van der Waals surface area contributed by atoms with Gasteiger partial charge in [0.2, 0.25) is 0 Å². The van der Waals surface area contributed by atoms with Gasteiger partial charge < -0.3 is 8.83 Å². The molecule has 1 aliphatic carbocycles. The van der Waals surface area contributed by atoms with Gasteiger partial charge in [0.15, 0.2) is 17.5 Å². The predicted molar refractivity (Wildman–Crippen MR) is 253 cm³/mol. The zero-order valence-electron chi connectivity index (χ0n) is 33.6. The van der Waals surface area contributed by atoms with Crippen LogP contribution in [0.25, 0.3) is 117 Å². The summed E-state index contributed by atoms with van der Waals surface area (Å²) in [6, 6.07) is 63.3. The Morgan fingerprint density at radius 2 is 0.839 bits per heavy atom. The lowest BCUT2D eigenvalue weighted by molar-refractivity contribution is 0.669. The van der Waals surface area contributed by atoms with Gasteiger partial charge in [0, 0.05) is 38.2 Å². The molecule has 0 aliphatic heterocycles. The molecule has 62 heavy (non-hydrogen) atoms. The van der Waals surface area contributed by atoms with E-state index < -0.39 is 0 Å². The van der Waals surface area contributed by atoms with Crippen LogP contribution in [-0.4, -0.2) is 15.0 Å². The average Bonchev–Trinajstić information content (AvgIpc) is 3.93. The third-order valence-corrected chi connectivity index (χ3v) is 12.0. The zero-order chi connectivity index (χ0) is 41.0. The molecule has 0 amide bonds. The highest BCUT2D eigenvalue weighted by Crippen LogP contribution is 2.42. The number of furan rings is 2. The van der Waals surface area contributed by atoms with Gasteiger partial charge in [-0.1, -0.05) is 158 Å². The highest BCUT2D eigenvalue weighted by atomic mass is 16.3. The van der Waals surface area contributed by atoms with Crippen molar-refractivity contribution in [3.05, 3.63) is 206 Å². The second-order valence-electron chi connectivity index (χ2n) is 15.8. The minimum atomic E-state index is 0.585. The summed E-state index contributed by atoms with van der Waals surface area (Å²) < 4.78 is 13.1. The molecule has 3 heterocycles. The van der Waals surface area contributed by atoms with Gasteiger partial charge in [-0.05, 0) is 99.8 Å². The van der Waals surface area contributed by atoms with Gasteiger partial charge in [0.1, 0.15) is 22.3 Å². The van der Waals surface area contributed by atoms with Gasteiger partial charge in [-0.15, -0.1) is 0 Å². The van der Waals surface area contributed by atoms with E-state index >= 15 is 0 Å². The lowest BCUT2D eigenvalue weighted by atomic mass is 9.95. The molecule has 0 bridgehead atoms. The minimum absolute atomic E-state index is 0.585. The van der Waals surface area contributed by atoms with Crippen LogP contribution in [0.5, 0.6) is 0 Å². The van der Waals surface area contributed by atoms with Crippen LogP contribution in [0.4, 0.5) is 0 Å². The number of benzene rings is 8. The van der Waals surface area contributed by atoms with Crippen LogP contribution in [0, 0.1) is 0 Å². The second kappa shape index (κ2) is 14.8. The fraction of sp³-hybridized carbons (Fsp3) is 0.0351. The van der Waals surface area contributed by atoms with Crippen molar-refractivity contribution in [1.82, 2.24) is 15.0 Å². The third-order valence-electron chi connectivity index (χ3n) is 12.0. The maximum atomic E-state index is 6.55. The summed E-state index contributed by atoms with van der Waals surface area (Å²) in [4.78, 5) is 15.3. The van der Waals surface area contributed by atoms with Gasteiger partial charge in [-0.2, -0.15) is 0 Å². The van der Waals surface area contributed by atoms with E-state index in [4.69, 9.17) is 23.8 Å². The van der Waals surface area contributed by atoms with Crippen molar-refractivity contribution in [1.29, 1.82) is 0 Å². The van der Waals surface area contributed by atoms with Crippen molar-refractivity contribution in [3.63, 3.8) is 0 Å². The number of nitrogens with zero attached hydrogens (tertiary/aromatic N) is 3. The predicted octanol–water partition coefficient (Wildman–Crippen LogP) is 15.4. The molecule has 292 valence electrons. The molecule has 0 fully saturated rings. The Hall–Kier alpha value is -8.15. The highest BCUT2D eigenvalue weighted by molar-refractivity contribution is 6.16. The summed E-state index contributed by atoms with van der Waals surface area (Å²) in [6.45, 7) is 0. The molecule has 0 radical (unpaired) electrons. The maximum Gasteiger partial charge on any atom is 0.164 e. The molecule has 0 saturated heterocycles. The van der Waals surface area contributed by atoms with Gasteiger partial charge in [0.05, 0.1) is 0 Å². The summed E-state index contributed by atoms with van der Waals surface area (Å²) in [6.07, 6.45) is 8.88. The Bertz CT molecular complexity index is 3560. The normalized spacial score (nSPS) is 12.7. The molecule has 0 spiro atoms. The van der Waals surface area contributed by atoms with Crippen molar-refractivity contribution < 1.29 is 8.83 Å². The Kier molecular flexibility index (Phi) is 8.56. The molecule has 3 aromatic heterocycles. The zero-order valence-corrected chi connectivity index (χ0v) is 33.6. The van der Waals surface area contributed by atoms with Crippen LogP contribution >= 0.6 is 0 Å². The van der Waals surface area contributed by atoms with E-state index in [1.165, 1.54) is 22.3 Å². The van der Waals surface area contributed by atoms with E-state index in [2.05, 4.69) is 158 Å². The summed E-state index contributed by atoms with van der Waals surface area (Å²) >= 11 is 0. The van der Waals surface area contributed by atoms with E-state index in [1.807, 2.05) is 42.5 Å². The van der Waals surface area contributed by atoms with Crippen LogP contribution in [0.1, 0.15) is 18.4 Å². The summed E-state index contributed by atoms with van der Waals surface area (Å²) in [5, 5.41) is 4.09. The van der Waals surface area contributed by atoms with Gasteiger partial charge in [-0.25, -0.2) is 15.0 Å². The SMILES string of the molecule is C1=CC(c2ccc(-c3nc(-c4ccccc4)nc(-c4cccc5oc6ccc(-c7cccc8oc9ccc(-c%10cccc(-c%11ccccc%11)c%10)cc9c78)cc6c45)n3)cc2)=CCC1. The summed E-state index contributed by atoms with van der Waals surface area (Å²) in [7, 11) is 0. The van der Waals surface area contributed by atoms with E-state index in [0.717, 1.165) is 95.7 Å². The molecule has 1 aliphatic rings. The van der Waals surface area contributed by atoms with Crippen LogP contribution in [0.2, 0.25) is 0 Å². The van der Waals surface area contributed by atoms with Crippen molar-refractivity contribution in [2.45, 2.75) is 12.8 Å². The quantitative estimate of drug-likeness (QED) is 0.161. The van der Waals surface area contributed by atoms with Crippen LogP contribution in [0.3, 0.4) is 0 Å². The lowest BCUT2D eigenvalue weighted by Crippen LogP contribution is -2.00. The van der Waals surface area contributed by atoms with E-state index in [1.54, 1.807) is 0 Å². The van der Waals surface area contributed by atoms with Crippen molar-refractivity contribution in [2.24, 2.45) is 0 Å². The molecule has 5 heteroatoms. The first-order chi connectivity index (χ1) is 30.7. The number of aromatic nitrogens is 3. The molecule has 11 aromatic rings. The summed E-state index contributed by atoms with van der Waals surface area (Å²) in [5.41, 5.74) is 15.2. The second-order valence-corrected chi connectivity index (χ2v) is 15.8. The van der Waals surface area contributed by atoms with E-state index in [-0.39, 0.29) is 0 Å². The van der Waals surface area contributed by atoms with Gasteiger partial charge >= 0.3 is 0 Å². The number of allylic oxidation sites excluding steroid dienone is 4. The monoisotopic (exact) mass is 795 g/mol. The van der Waals surface area contributed by atoms with Crippen molar-refractivity contribution in [2.75, 3.05) is 0 Å². The number of fused-ring (bicyclic) bond motifs is 6. The highest BCUT2D eigenvalue weighted by Gasteiger charge is 2.20. The van der Waals surface area contributed by atoms with Gasteiger partial charge in [0.25, 0.3) is 0 Å². The van der Waals surface area contributed by atoms with Crippen LogP contribution in [-0.2, 0) is 0 Å². The first kappa shape index (κ1) is 35.8. The molecule has 0 unspecified atom stereocenters. The summed E-state index contributed by atoms with van der Waals surface area (Å²) in [5.74, 6) is 1.81. The molecule has 8 aromatic carbocycles. The third kappa shape index (κ3) is 6.30. The molecule has 0 N–H and O–H groups in total. The Morgan fingerprint density at radius 3 is 1.52 bits per heavy atom. The topological polar surface area (TPSA) is 65.0 Å². The largest absolute Gasteiger partial charge is 0.456 e. The number of hydrogen-bond acceptors (Lipinski definition) is 5. The van der Waals surface area contributed by atoms with Crippen LogP contribution in [0.15, 0.2) is 209 Å². The molecular formula is C57H37N3O2. The van der Waals surface area contributed by atoms with E-state index in [0.29, 0.717) is 17.5 Å². The maximum absolute atomic E-state index is 6.55. The molecule has 5 nitrogen and oxygen atoms in total. The Morgan fingerprint density at radius 1 is 0.339 bits per heavy atom. The molecule has 0 saturated carbocycles. The lowest BCUT2D eigenvalue weighted by Gasteiger charge is -2.11. The van der Waals surface area contributed by atoms with E-state index in [9.17, 15) is 0 Å². The number of hydrogen-bond donors (Lipinski definition) is 0. The average molecular weight is 796 g/mol. The standard InChI is InChI=1S/C57H37N3O2/c1-4-13-36(14-5-1)38-25-27-40(28-26-38)56-58-55(39-17-8-3-9-18-39)59-57(60-56)46-22-12-24-52-54(46)48-35-44(30-32-50(48)62-52)45-21-11-23-51-53(45)47-34-43(29-31-49(47)61-51)42-20-10-19-41(33-42)37-15-6-2-7-16-37/h2-4,6-35H,1,5H2. The van der Waals surface area contributed by atoms with Crippen molar-refractivity contribution >= 4 is 49.5 Å². The minimum Gasteiger partial charge on any atom is -0.456 e. The number of rotatable bonds is 7. The molecule has 0 atom stereocenters. The fourth-order valence-electron chi connectivity index (χ4n) is 8.92. The van der Waals surface area contributed by atoms with Crippen molar-refractivity contribution in [3.8, 4) is 67.5 Å². The first-order valence-corrected chi connectivity index (χ1v) is 21.1. The first-order valence-electron chi connectivity index (χ1n) is 21.1. The molecule has 12 rings (SSSR count). The Labute approximate surface area is 358 Å². The van der Waals surface area contributed by atoms with Crippen LogP contribution < -0.4 is 0 Å².